The van der Waals surface area contributed by atoms with Crippen molar-refractivity contribution in [2.75, 3.05) is 20.3 Å². The van der Waals surface area contributed by atoms with E-state index in [0.717, 1.165) is 27.7 Å². The molecular weight excluding hydrogens is 372 g/mol. The minimum Gasteiger partial charge on any atom is -0.454 e. The van der Waals surface area contributed by atoms with E-state index < -0.39 is 37.4 Å². The summed E-state index contributed by atoms with van der Waals surface area (Å²) in [6, 6.07) is 11.7. The number of amides is 2. The van der Waals surface area contributed by atoms with Crippen molar-refractivity contribution in [3.8, 4) is 11.5 Å². The van der Waals surface area contributed by atoms with E-state index >= 15 is 0 Å². The molecule has 1 aromatic heterocycles. The van der Waals surface area contributed by atoms with Gasteiger partial charge in [-0.25, -0.2) is 0 Å². The standard InChI is InChI=1S/C22H19N3O4/c1-24-10-19(26)25-16(22(24)27)9-14-13-4-2-3-5-15(13)23-20(14)21(25)12-6-7-17-18(8-12)29-11-28-17/h2-8,16,21,23H,9-11H2,1H3/t16-,21-/m1/s1/i1D3,10+1,19+1. The first-order valence-corrected chi connectivity index (χ1v) is 9.44. The van der Waals surface area contributed by atoms with Crippen molar-refractivity contribution in [1.29, 1.82) is 0 Å². The number of hydrogen-bond donors (Lipinski definition) is 1. The highest BCUT2D eigenvalue weighted by molar-refractivity contribution is 5.97. The predicted octanol–water partition coefficient (Wildman–Crippen LogP) is 2.21. The number of hydrogen-bond acceptors (Lipinski definition) is 4. The summed E-state index contributed by atoms with van der Waals surface area (Å²) in [5, 5.41) is 0.958. The molecule has 0 saturated carbocycles. The van der Waals surface area contributed by atoms with Crippen LogP contribution in [0.5, 0.6) is 11.5 Å². The van der Waals surface area contributed by atoms with Crippen LogP contribution >= 0.6 is 0 Å². The molecule has 4 heterocycles. The third-order valence-electron chi connectivity index (χ3n) is 5.98. The third kappa shape index (κ3) is 2.24. The van der Waals surface area contributed by atoms with Crippen molar-refractivity contribution in [2.24, 2.45) is 0 Å². The topological polar surface area (TPSA) is 74.9 Å². The molecule has 6 rings (SSSR count). The lowest BCUT2D eigenvalue weighted by molar-refractivity contribution is -0.157. The molecule has 3 aliphatic rings. The highest BCUT2D eigenvalue weighted by atomic mass is 16.7. The second-order valence-corrected chi connectivity index (χ2v) is 7.52. The van der Waals surface area contributed by atoms with Gasteiger partial charge in [-0.2, -0.15) is 0 Å². The molecule has 7 heteroatoms. The quantitative estimate of drug-likeness (QED) is 0.642. The Morgan fingerprint density at radius 2 is 2.00 bits per heavy atom. The molecule has 0 radical (unpaired) electrons. The average molecular weight is 394 g/mol. The lowest BCUT2D eigenvalue weighted by atomic mass is 9.88. The van der Waals surface area contributed by atoms with Gasteiger partial charge in [-0.05, 0) is 29.3 Å². The monoisotopic (exact) mass is 394 g/mol. The van der Waals surface area contributed by atoms with Gasteiger partial charge < -0.3 is 24.3 Å². The summed E-state index contributed by atoms with van der Waals surface area (Å²) in [7, 11) is 0. The van der Waals surface area contributed by atoms with Gasteiger partial charge in [0.15, 0.2) is 11.5 Å². The summed E-state index contributed by atoms with van der Waals surface area (Å²) < 4.78 is 34.1. The molecule has 1 saturated heterocycles. The van der Waals surface area contributed by atoms with E-state index in [9.17, 15) is 9.59 Å². The van der Waals surface area contributed by atoms with E-state index in [1.165, 1.54) is 4.90 Å². The lowest BCUT2D eigenvalue weighted by Gasteiger charge is -2.46. The van der Waals surface area contributed by atoms with Crippen molar-refractivity contribution < 1.29 is 23.2 Å². The van der Waals surface area contributed by atoms with E-state index in [4.69, 9.17) is 13.6 Å². The second-order valence-electron chi connectivity index (χ2n) is 7.52. The van der Waals surface area contributed by atoms with E-state index in [1.807, 2.05) is 36.4 Å². The molecule has 0 aliphatic carbocycles. The largest absolute Gasteiger partial charge is 0.454 e. The minimum atomic E-state index is -2.67. The van der Waals surface area contributed by atoms with Crippen molar-refractivity contribution >= 4 is 22.7 Å². The molecule has 0 bridgehead atoms. The molecule has 0 unspecified atom stereocenters. The smallest absolute Gasteiger partial charge is 0.245 e. The maximum atomic E-state index is 13.3. The van der Waals surface area contributed by atoms with Crippen molar-refractivity contribution in [3.63, 3.8) is 0 Å². The van der Waals surface area contributed by atoms with Crippen LogP contribution in [0, 0.1) is 0 Å². The Kier molecular flexibility index (Phi) is 2.71. The Labute approximate surface area is 171 Å². The number of nitrogens with zero attached hydrogens (tertiary/aromatic N) is 2. The first kappa shape index (κ1) is 13.7. The van der Waals surface area contributed by atoms with Gasteiger partial charge in [-0.3, -0.25) is 9.59 Å². The van der Waals surface area contributed by atoms with Crippen LogP contribution in [0.25, 0.3) is 10.9 Å². The van der Waals surface area contributed by atoms with Gasteiger partial charge in [0.1, 0.15) is 6.04 Å². The van der Waals surface area contributed by atoms with E-state index in [-0.39, 0.29) is 13.2 Å². The molecule has 3 aromatic rings. The van der Waals surface area contributed by atoms with Gasteiger partial charge in [0.25, 0.3) is 0 Å². The van der Waals surface area contributed by atoms with Gasteiger partial charge in [-0.1, -0.05) is 24.3 Å². The van der Waals surface area contributed by atoms with Crippen molar-refractivity contribution in [2.45, 2.75) is 18.5 Å². The fourth-order valence-corrected chi connectivity index (χ4v) is 4.69. The fourth-order valence-electron chi connectivity index (χ4n) is 4.69. The zero-order chi connectivity index (χ0) is 22.2. The zero-order valence-electron chi connectivity index (χ0n) is 18.3. The first-order valence-electron chi connectivity index (χ1n) is 10.9. The summed E-state index contributed by atoms with van der Waals surface area (Å²) in [6.07, 6.45) is 0.248. The zero-order valence-corrected chi connectivity index (χ0v) is 15.3. The number of ether oxygens (including phenoxy) is 2. The number of rotatable bonds is 1. The van der Waals surface area contributed by atoms with Crippen LogP contribution in [0.3, 0.4) is 0 Å². The van der Waals surface area contributed by atoms with Gasteiger partial charge >= 0.3 is 0 Å². The number of para-hydroxylation sites is 1. The summed E-state index contributed by atoms with van der Waals surface area (Å²) >= 11 is 0. The molecule has 146 valence electrons. The van der Waals surface area contributed by atoms with Crippen LogP contribution in [0.4, 0.5) is 0 Å². The van der Waals surface area contributed by atoms with Gasteiger partial charge in [-0.15, -0.1) is 0 Å². The number of carbonyl (C=O) groups excluding carboxylic acids is 2. The van der Waals surface area contributed by atoms with Crippen LogP contribution in [-0.2, 0) is 16.0 Å². The Morgan fingerprint density at radius 1 is 1.14 bits per heavy atom. The van der Waals surface area contributed by atoms with Crippen LogP contribution in [0.15, 0.2) is 42.5 Å². The van der Waals surface area contributed by atoms with Gasteiger partial charge in [0.05, 0.1) is 12.6 Å². The SMILES string of the molecule is [2H]C([2H])([2H])N1[13CH2][13C](=O)N2[C@H](c3ccc4c(c3)OCO4)c3[nH]c4ccccc4c3C[C@@H]2C1=O. The number of likely N-dealkylation sites (N-methyl/N-ethyl adjacent to an activating group) is 1. The average Bonchev–Trinajstić information content (AvgIpc) is 3.37. The normalized spacial score (nSPS) is 24.8. The number of benzene rings is 2. The molecule has 3 aliphatic heterocycles. The lowest BCUT2D eigenvalue weighted by Crippen LogP contribution is -2.62. The molecule has 29 heavy (non-hydrogen) atoms. The van der Waals surface area contributed by atoms with E-state index in [2.05, 4.69) is 4.98 Å². The van der Waals surface area contributed by atoms with Crippen molar-refractivity contribution in [3.05, 3.63) is 59.3 Å². The molecule has 1 fully saturated rings. The van der Waals surface area contributed by atoms with E-state index in [1.54, 1.807) is 6.07 Å². The van der Waals surface area contributed by atoms with E-state index in [0.29, 0.717) is 16.4 Å². The maximum Gasteiger partial charge on any atom is 0.245 e. The summed E-state index contributed by atoms with van der Waals surface area (Å²) in [4.78, 5) is 32.3. The highest BCUT2D eigenvalue weighted by Crippen LogP contribution is 2.44. The van der Waals surface area contributed by atoms with Gasteiger partial charge in [0, 0.05) is 34.1 Å². The molecule has 2 amide bonds. The van der Waals surface area contributed by atoms with Crippen molar-refractivity contribution in [1.82, 2.24) is 14.8 Å². The number of fused-ring (bicyclic) bond motifs is 5. The Morgan fingerprint density at radius 3 is 2.90 bits per heavy atom. The molecule has 2 aromatic carbocycles. The number of piperazine rings is 1. The molecule has 1 N–H and O–H groups in total. The summed E-state index contributed by atoms with van der Waals surface area (Å²) in [5.74, 6) is 0.221. The van der Waals surface area contributed by atoms with Crippen LogP contribution in [0.2, 0.25) is 0 Å². The highest BCUT2D eigenvalue weighted by Gasteiger charge is 2.47. The van der Waals surface area contributed by atoms with Crippen LogP contribution in [0.1, 0.15) is 27.0 Å². The minimum absolute atomic E-state index is 0.123. The molecular formula is C22H19N3O4. The number of nitrogens with one attached hydrogen (secondary N) is 1. The molecule has 2 atom stereocenters. The number of aromatic nitrogens is 1. The third-order valence-corrected chi connectivity index (χ3v) is 5.98. The molecule has 7 nitrogen and oxygen atoms in total. The number of carbonyl (C=O) groups is 2. The second kappa shape index (κ2) is 5.76. The van der Waals surface area contributed by atoms with Crippen LogP contribution in [-0.4, -0.2) is 53.0 Å². The predicted molar refractivity (Wildman–Crippen MR) is 105 cm³/mol. The molecule has 0 spiro atoms. The Bertz CT molecular complexity index is 1290. The number of H-pyrrole nitrogens is 1. The Hall–Kier alpha value is -3.48. The van der Waals surface area contributed by atoms with Crippen LogP contribution < -0.4 is 9.47 Å². The summed E-state index contributed by atoms with van der Waals surface area (Å²) in [5.41, 5.74) is 3.40. The number of aromatic amines is 1. The first-order chi connectivity index (χ1) is 15.3. The Balaban J connectivity index is 1.55. The van der Waals surface area contributed by atoms with Gasteiger partial charge in [0.2, 0.25) is 18.6 Å². The summed E-state index contributed by atoms with van der Waals surface area (Å²) in [6.45, 7) is -3.03. The fraction of sp³-hybridized carbons (Fsp3) is 0.273. The maximum absolute atomic E-state index is 13.3.